The molecule has 0 aliphatic heterocycles. The van der Waals surface area contributed by atoms with Crippen LogP contribution in [0.25, 0.3) is 0 Å². The van der Waals surface area contributed by atoms with Crippen molar-refractivity contribution in [2.45, 2.75) is 19.8 Å². The lowest BCUT2D eigenvalue weighted by molar-refractivity contribution is -0.123. The number of hydrogen-bond donors (Lipinski definition) is 0. The summed E-state index contributed by atoms with van der Waals surface area (Å²) in [6.07, 6.45) is 2.36. The number of ether oxygens (including phenoxy) is 2. The molecule has 0 saturated carbocycles. The van der Waals surface area contributed by atoms with E-state index in [1.165, 1.54) is 14.0 Å². The zero-order valence-corrected chi connectivity index (χ0v) is 12.0. The molecule has 0 N–H and O–H groups in total. The van der Waals surface area contributed by atoms with Crippen LogP contribution >= 0.6 is 0 Å². The molecule has 20 heavy (non-hydrogen) atoms. The number of rotatable bonds is 5. The first-order valence-corrected chi connectivity index (χ1v) is 6.41. The average molecular weight is 274 g/mol. The summed E-state index contributed by atoms with van der Waals surface area (Å²) < 4.78 is 10.5. The summed E-state index contributed by atoms with van der Waals surface area (Å²) >= 11 is 0. The smallest absolute Gasteiger partial charge is 0.177 e. The van der Waals surface area contributed by atoms with Crippen molar-refractivity contribution >= 4 is 11.6 Å². The minimum absolute atomic E-state index is 0.128. The van der Waals surface area contributed by atoms with Crippen molar-refractivity contribution in [1.29, 1.82) is 0 Å². The van der Waals surface area contributed by atoms with Gasteiger partial charge in [0.2, 0.25) is 0 Å². The molecule has 4 heteroatoms. The minimum Gasteiger partial charge on any atom is -0.493 e. The highest BCUT2D eigenvalue weighted by atomic mass is 16.5. The van der Waals surface area contributed by atoms with Crippen molar-refractivity contribution in [3.63, 3.8) is 0 Å². The Morgan fingerprint density at radius 2 is 1.95 bits per heavy atom. The topological polar surface area (TPSA) is 52.6 Å². The average Bonchev–Trinajstić information content (AvgIpc) is 2.71. The van der Waals surface area contributed by atoms with Crippen molar-refractivity contribution in [2.24, 2.45) is 5.41 Å². The van der Waals surface area contributed by atoms with Crippen molar-refractivity contribution in [3.8, 4) is 11.5 Å². The molecule has 2 rings (SSSR count). The van der Waals surface area contributed by atoms with Gasteiger partial charge in [-0.25, -0.2) is 0 Å². The van der Waals surface area contributed by atoms with E-state index in [-0.39, 0.29) is 11.6 Å². The van der Waals surface area contributed by atoms with E-state index >= 15 is 0 Å². The lowest BCUT2D eigenvalue weighted by Crippen LogP contribution is -2.35. The Hall–Kier alpha value is -2.10. The van der Waals surface area contributed by atoms with E-state index in [1.54, 1.807) is 25.3 Å². The Morgan fingerprint density at radius 1 is 1.35 bits per heavy atom. The summed E-state index contributed by atoms with van der Waals surface area (Å²) in [5.74, 6) is 0.784. The molecule has 0 heterocycles. The van der Waals surface area contributed by atoms with Crippen LogP contribution in [0.5, 0.6) is 11.5 Å². The zero-order valence-electron chi connectivity index (χ0n) is 12.0. The van der Waals surface area contributed by atoms with Gasteiger partial charge >= 0.3 is 0 Å². The number of hydrogen-bond acceptors (Lipinski definition) is 4. The Labute approximate surface area is 118 Å². The molecule has 1 aromatic carbocycles. The molecule has 1 atom stereocenters. The van der Waals surface area contributed by atoms with Gasteiger partial charge in [-0.3, -0.25) is 9.59 Å². The molecule has 0 saturated heterocycles. The number of carbonyl (C=O) groups is 2. The second-order valence-electron chi connectivity index (χ2n) is 5.00. The summed E-state index contributed by atoms with van der Waals surface area (Å²) in [7, 11) is 3.06. The first kappa shape index (κ1) is 14.3. The lowest BCUT2D eigenvalue weighted by atomic mass is 9.77. The minimum atomic E-state index is -1.01. The molecule has 0 fully saturated rings. The number of ketones is 2. The highest BCUT2D eigenvalue weighted by Crippen LogP contribution is 2.44. The van der Waals surface area contributed by atoms with Crippen LogP contribution in [0.15, 0.2) is 24.8 Å². The highest BCUT2D eigenvalue weighted by molar-refractivity contribution is 6.17. The van der Waals surface area contributed by atoms with Gasteiger partial charge in [-0.1, -0.05) is 6.08 Å². The zero-order chi connectivity index (χ0) is 14.9. The first-order chi connectivity index (χ1) is 9.50. The molecule has 106 valence electrons. The number of carbonyl (C=O) groups excluding carboxylic acids is 2. The summed E-state index contributed by atoms with van der Waals surface area (Å²) in [6.45, 7) is 5.12. The van der Waals surface area contributed by atoms with Gasteiger partial charge in [-0.15, -0.1) is 6.58 Å². The van der Waals surface area contributed by atoms with Crippen LogP contribution < -0.4 is 9.47 Å². The van der Waals surface area contributed by atoms with Gasteiger partial charge in [0.05, 0.1) is 19.6 Å². The van der Waals surface area contributed by atoms with E-state index in [9.17, 15) is 9.59 Å². The fraction of sp³-hybridized carbons (Fsp3) is 0.375. The van der Waals surface area contributed by atoms with Gasteiger partial charge in [-0.05, 0) is 37.5 Å². The Morgan fingerprint density at radius 3 is 2.45 bits per heavy atom. The summed E-state index contributed by atoms with van der Waals surface area (Å²) in [6, 6.07) is 3.43. The van der Waals surface area contributed by atoms with Gasteiger partial charge in [0.25, 0.3) is 0 Å². The maximum Gasteiger partial charge on any atom is 0.177 e. The molecule has 1 unspecified atom stereocenters. The predicted octanol–water partition coefficient (Wildman–Crippen LogP) is 2.59. The lowest BCUT2D eigenvalue weighted by Gasteiger charge is -2.22. The van der Waals surface area contributed by atoms with Crippen LogP contribution in [-0.2, 0) is 11.2 Å². The molecular weight excluding hydrogens is 256 g/mol. The second-order valence-corrected chi connectivity index (χ2v) is 5.00. The second kappa shape index (κ2) is 5.12. The van der Waals surface area contributed by atoms with E-state index in [0.29, 0.717) is 29.9 Å². The van der Waals surface area contributed by atoms with Crippen LogP contribution in [0.4, 0.5) is 0 Å². The van der Waals surface area contributed by atoms with Crippen LogP contribution in [-0.4, -0.2) is 25.8 Å². The summed E-state index contributed by atoms with van der Waals surface area (Å²) in [4.78, 5) is 24.7. The third-order valence-corrected chi connectivity index (χ3v) is 3.95. The van der Waals surface area contributed by atoms with Crippen molar-refractivity contribution < 1.29 is 19.1 Å². The van der Waals surface area contributed by atoms with E-state index < -0.39 is 5.41 Å². The number of benzene rings is 1. The maximum atomic E-state index is 12.7. The fourth-order valence-corrected chi connectivity index (χ4v) is 2.78. The standard InChI is InChI=1S/C16H18O4/c1-5-6-16(10(2)17)9-11-7-13(19-3)14(20-4)8-12(11)15(16)18/h5,7-8H,1,6,9H2,2-4H3. The van der Waals surface area contributed by atoms with E-state index in [1.807, 2.05) is 0 Å². The molecular formula is C16H18O4. The predicted molar refractivity (Wildman–Crippen MR) is 75.5 cm³/mol. The van der Waals surface area contributed by atoms with Crippen LogP contribution in [0.3, 0.4) is 0 Å². The quantitative estimate of drug-likeness (QED) is 0.611. The third-order valence-electron chi connectivity index (χ3n) is 3.95. The third kappa shape index (κ3) is 1.92. The molecule has 1 aromatic rings. The Balaban J connectivity index is 2.57. The molecule has 0 radical (unpaired) electrons. The van der Waals surface area contributed by atoms with Gasteiger partial charge in [0.15, 0.2) is 17.3 Å². The largest absolute Gasteiger partial charge is 0.493 e. The van der Waals surface area contributed by atoms with Crippen molar-refractivity contribution in [1.82, 2.24) is 0 Å². The number of allylic oxidation sites excluding steroid dienone is 1. The SMILES string of the molecule is C=CCC1(C(C)=O)Cc2cc(OC)c(OC)cc2C1=O. The molecule has 1 aliphatic carbocycles. The first-order valence-electron chi connectivity index (χ1n) is 6.41. The molecule has 4 nitrogen and oxygen atoms in total. The number of Topliss-reactive ketones (excluding diaryl/α,β-unsaturated/α-hetero) is 2. The summed E-state index contributed by atoms with van der Waals surface area (Å²) in [5.41, 5.74) is 0.353. The molecule has 0 spiro atoms. The van der Waals surface area contributed by atoms with Gasteiger partial charge in [0, 0.05) is 5.56 Å². The number of methoxy groups -OCH3 is 2. The highest BCUT2D eigenvalue weighted by Gasteiger charge is 2.48. The number of fused-ring (bicyclic) bond motifs is 1. The van der Waals surface area contributed by atoms with E-state index in [2.05, 4.69) is 6.58 Å². The van der Waals surface area contributed by atoms with Gasteiger partial charge < -0.3 is 9.47 Å². The summed E-state index contributed by atoms with van der Waals surface area (Å²) in [5, 5.41) is 0. The van der Waals surface area contributed by atoms with Crippen LogP contribution in [0.1, 0.15) is 29.3 Å². The molecule has 1 aliphatic rings. The fourth-order valence-electron chi connectivity index (χ4n) is 2.78. The molecule has 0 amide bonds. The molecule has 0 bridgehead atoms. The van der Waals surface area contributed by atoms with Crippen LogP contribution in [0.2, 0.25) is 0 Å². The van der Waals surface area contributed by atoms with E-state index in [4.69, 9.17) is 9.47 Å². The molecule has 0 aromatic heterocycles. The van der Waals surface area contributed by atoms with Crippen molar-refractivity contribution in [2.75, 3.05) is 14.2 Å². The van der Waals surface area contributed by atoms with E-state index in [0.717, 1.165) is 5.56 Å². The van der Waals surface area contributed by atoms with Gasteiger partial charge in [0.1, 0.15) is 5.78 Å². The van der Waals surface area contributed by atoms with Crippen LogP contribution in [0, 0.1) is 5.41 Å². The monoisotopic (exact) mass is 274 g/mol. The van der Waals surface area contributed by atoms with Crippen molar-refractivity contribution in [3.05, 3.63) is 35.9 Å². The maximum absolute atomic E-state index is 12.7. The Bertz CT molecular complexity index is 588. The van der Waals surface area contributed by atoms with Gasteiger partial charge in [-0.2, -0.15) is 0 Å². The Kier molecular flexibility index (Phi) is 3.66. The normalized spacial score (nSPS) is 20.4.